The quantitative estimate of drug-likeness (QED) is 0.167. The lowest BCUT2D eigenvalue weighted by atomic mass is 9.99. The Morgan fingerprint density at radius 2 is 1.66 bits per heavy atom. The molecule has 1 atom stereocenters. The lowest BCUT2D eigenvalue weighted by Crippen LogP contribution is -2.55. The summed E-state index contributed by atoms with van der Waals surface area (Å²) in [6.45, 7) is 5.20. The van der Waals surface area contributed by atoms with Crippen molar-refractivity contribution in [1.29, 1.82) is 0 Å². The largest absolute Gasteiger partial charge is 0.491 e. The first-order valence-corrected chi connectivity index (χ1v) is 14.7. The number of aromatic nitrogens is 1. The van der Waals surface area contributed by atoms with E-state index in [4.69, 9.17) is 14.2 Å². The number of sulfonamides is 1. The summed E-state index contributed by atoms with van der Waals surface area (Å²) < 4.78 is 85.6. The number of nitrogens with zero attached hydrogens (tertiary/aromatic N) is 1. The number of nitrogens with one attached hydrogen (secondary N) is 2. The zero-order valence-corrected chi connectivity index (χ0v) is 24.5. The number of fused-ring (bicyclic) bond motifs is 1. The van der Waals surface area contributed by atoms with Crippen molar-refractivity contribution in [2.24, 2.45) is 0 Å². The van der Waals surface area contributed by atoms with Crippen molar-refractivity contribution in [2.75, 3.05) is 11.9 Å². The standard InChI is InChI=1S/C30H28F3N3O7S/c1-4-41-26-17-22(11-13-25(26)42-19(2)3)29(43-28(38)30(31,32)33,27(37)36-44(39,40)24-8-6-5-7-9-24)35-23-12-10-21-18-34-15-14-20(21)16-23/h5-19,35H,4H2,1-3H3,(H,36,37). The molecule has 232 valence electrons. The fourth-order valence-electron chi connectivity index (χ4n) is 4.15. The number of carbonyl (C=O) groups excluding carboxylic acids is 2. The third-order valence-electron chi connectivity index (χ3n) is 6.05. The van der Waals surface area contributed by atoms with E-state index >= 15 is 0 Å². The van der Waals surface area contributed by atoms with Crippen LogP contribution >= 0.6 is 0 Å². The summed E-state index contributed by atoms with van der Waals surface area (Å²) in [6, 6.07) is 16.3. The number of benzene rings is 3. The number of anilines is 1. The van der Waals surface area contributed by atoms with Gasteiger partial charge < -0.3 is 19.5 Å². The number of amides is 1. The number of pyridine rings is 1. The Balaban J connectivity index is 1.96. The molecule has 4 aromatic rings. The summed E-state index contributed by atoms with van der Waals surface area (Å²) in [5, 5.41) is 3.79. The molecule has 1 heterocycles. The average Bonchev–Trinajstić information content (AvgIpc) is 2.97. The highest BCUT2D eigenvalue weighted by molar-refractivity contribution is 7.90. The molecule has 0 aliphatic carbocycles. The summed E-state index contributed by atoms with van der Waals surface area (Å²) in [6.07, 6.45) is -2.89. The van der Waals surface area contributed by atoms with Gasteiger partial charge >= 0.3 is 18.1 Å². The smallest absolute Gasteiger partial charge is 0.490 e. The maximum absolute atomic E-state index is 14.0. The molecule has 2 N–H and O–H groups in total. The van der Waals surface area contributed by atoms with Crippen molar-refractivity contribution in [1.82, 2.24) is 9.71 Å². The van der Waals surface area contributed by atoms with E-state index in [1.807, 2.05) is 0 Å². The molecule has 4 rings (SSSR count). The first-order chi connectivity index (χ1) is 20.7. The molecule has 10 nitrogen and oxygen atoms in total. The average molecular weight is 632 g/mol. The van der Waals surface area contributed by atoms with E-state index in [0.717, 1.165) is 12.1 Å². The van der Waals surface area contributed by atoms with E-state index in [2.05, 4.69) is 10.3 Å². The Morgan fingerprint density at radius 3 is 2.32 bits per heavy atom. The van der Waals surface area contributed by atoms with E-state index in [0.29, 0.717) is 10.8 Å². The highest BCUT2D eigenvalue weighted by Gasteiger charge is 2.53. The van der Waals surface area contributed by atoms with Crippen molar-refractivity contribution in [3.63, 3.8) is 0 Å². The lowest BCUT2D eigenvalue weighted by Gasteiger charge is -2.34. The Hall–Kier alpha value is -4.85. The van der Waals surface area contributed by atoms with Gasteiger partial charge in [0, 0.05) is 29.0 Å². The van der Waals surface area contributed by atoms with Crippen LogP contribution in [0.25, 0.3) is 10.8 Å². The van der Waals surface area contributed by atoms with Crippen LogP contribution in [-0.4, -0.2) is 44.2 Å². The maximum atomic E-state index is 14.0. The van der Waals surface area contributed by atoms with Gasteiger partial charge in [-0.2, -0.15) is 13.2 Å². The van der Waals surface area contributed by atoms with Gasteiger partial charge in [0.25, 0.3) is 15.7 Å². The number of hydrogen-bond donors (Lipinski definition) is 2. The minimum Gasteiger partial charge on any atom is -0.490 e. The van der Waals surface area contributed by atoms with Gasteiger partial charge in [-0.1, -0.05) is 24.3 Å². The van der Waals surface area contributed by atoms with Crippen LogP contribution in [0.3, 0.4) is 0 Å². The Kier molecular flexibility index (Phi) is 9.33. The van der Waals surface area contributed by atoms with Crippen LogP contribution in [0.15, 0.2) is 90.1 Å². The van der Waals surface area contributed by atoms with Gasteiger partial charge in [-0.15, -0.1) is 0 Å². The number of hydrogen-bond acceptors (Lipinski definition) is 9. The fraction of sp³-hybridized carbons (Fsp3) is 0.233. The van der Waals surface area contributed by atoms with Gasteiger partial charge in [-0.3, -0.25) is 9.78 Å². The summed E-state index contributed by atoms with van der Waals surface area (Å²) in [4.78, 5) is 30.1. The van der Waals surface area contributed by atoms with Crippen molar-refractivity contribution >= 4 is 38.4 Å². The van der Waals surface area contributed by atoms with E-state index < -0.39 is 39.4 Å². The third kappa shape index (κ3) is 7.19. The van der Waals surface area contributed by atoms with E-state index in [1.165, 1.54) is 60.9 Å². The predicted octanol–water partition coefficient (Wildman–Crippen LogP) is 5.30. The van der Waals surface area contributed by atoms with Crippen molar-refractivity contribution in [3.05, 3.63) is 90.8 Å². The second kappa shape index (κ2) is 12.8. The van der Waals surface area contributed by atoms with Crippen LogP contribution < -0.4 is 19.5 Å². The van der Waals surface area contributed by atoms with Crippen LogP contribution in [0, 0.1) is 0 Å². The van der Waals surface area contributed by atoms with Gasteiger partial charge in [0.2, 0.25) is 0 Å². The second-order valence-electron chi connectivity index (χ2n) is 9.64. The van der Waals surface area contributed by atoms with Crippen molar-refractivity contribution in [2.45, 2.75) is 43.7 Å². The number of alkyl halides is 3. The van der Waals surface area contributed by atoms with Crippen molar-refractivity contribution in [3.8, 4) is 11.5 Å². The number of halogens is 3. The number of carbonyl (C=O) groups is 2. The van der Waals surface area contributed by atoms with E-state index in [1.54, 1.807) is 37.6 Å². The molecule has 0 aliphatic heterocycles. The van der Waals surface area contributed by atoms with Gasteiger partial charge in [-0.05, 0) is 74.7 Å². The Bertz CT molecular complexity index is 1770. The second-order valence-corrected chi connectivity index (χ2v) is 11.3. The van der Waals surface area contributed by atoms with Gasteiger partial charge in [0.1, 0.15) is 0 Å². The van der Waals surface area contributed by atoms with E-state index in [-0.39, 0.29) is 34.8 Å². The van der Waals surface area contributed by atoms with Crippen LogP contribution in [0.1, 0.15) is 26.3 Å². The van der Waals surface area contributed by atoms with Crippen LogP contribution in [0.2, 0.25) is 0 Å². The molecule has 0 radical (unpaired) electrons. The topological polar surface area (TPSA) is 133 Å². The normalized spacial score (nSPS) is 13.2. The summed E-state index contributed by atoms with van der Waals surface area (Å²) in [5.41, 5.74) is -3.49. The molecule has 1 aromatic heterocycles. The molecule has 0 bridgehead atoms. The SMILES string of the molecule is CCOc1cc(C(Nc2ccc3cnccc3c2)(OC(=O)C(F)(F)F)C(=O)NS(=O)(=O)c2ccccc2)ccc1OC(C)C. The summed E-state index contributed by atoms with van der Waals surface area (Å²) in [5.74, 6) is -4.23. The zero-order chi connectivity index (χ0) is 32.1. The highest BCUT2D eigenvalue weighted by Crippen LogP contribution is 2.38. The summed E-state index contributed by atoms with van der Waals surface area (Å²) >= 11 is 0. The molecule has 0 fully saturated rings. The minimum absolute atomic E-state index is 0.00349. The molecule has 3 aromatic carbocycles. The molecule has 0 aliphatic rings. The monoisotopic (exact) mass is 631 g/mol. The molecule has 1 amide bonds. The Labute approximate surface area is 251 Å². The number of rotatable bonds is 11. The molecule has 14 heteroatoms. The number of ether oxygens (including phenoxy) is 3. The van der Waals surface area contributed by atoms with Gasteiger partial charge in [0.05, 0.1) is 17.6 Å². The highest BCUT2D eigenvalue weighted by atomic mass is 32.2. The zero-order valence-electron chi connectivity index (χ0n) is 23.7. The van der Waals surface area contributed by atoms with Crippen LogP contribution in [0.5, 0.6) is 11.5 Å². The minimum atomic E-state index is -5.57. The lowest BCUT2D eigenvalue weighted by molar-refractivity contribution is -0.213. The molecule has 0 saturated heterocycles. The first kappa shape index (κ1) is 32.1. The maximum Gasteiger partial charge on any atom is 0.491 e. The van der Waals surface area contributed by atoms with Crippen LogP contribution in [0.4, 0.5) is 18.9 Å². The molecule has 0 saturated carbocycles. The van der Waals surface area contributed by atoms with Crippen LogP contribution in [-0.2, 0) is 30.1 Å². The molecule has 0 spiro atoms. The van der Waals surface area contributed by atoms with E-state index in [9.17, 15) is 31.2 Å². The Morgan fingerprint density at radius 1 is 0.932 bits per heavy atom. The first-order valence-electron chi connectivity index (χ1n) is 13.2. The van der Waals surface area contributed by atoms with Gasteiger partial charge in [0.15, 0.2) is 11.5 Å². The molecular weight excluding hydrogens is 603 g/mol. The molecular formula is C30H28F3N3O7S. The van der Waals surface area contributed by atoms with Gasteiger partial charge in [-0.25, -0.2) is 17.9 Å². The third-order valence-corrected chi connectivity index (χ3v) is 7.40. The fourth-order valence-corrected chi connectivity index (χ4v) is 5.17. The van der Waals surface area contributed by atoms with Crippen molar-refractivity contribution < 1.29 is 45.4 Å². The molecule has 1 unspecified atom stereocenters. The predicted molar refractivity (Wildman–Crippen MR) is 154 cm³/mol. The molecule has 44 heavy (non-hydrogen) atoms. The summed E-state index contributed by atoms with van der Waals surface area (Å²) in [7, 11) is -4.67. The number of esters is 1.